The summed E-state index contributed by atoms with van der Waals surface area (Å²) in [6.07, 6.45) is 3.49. The Bertz CT molecular complexity index is 627. The third-order valence-corrected chi connectivity index (χ3v) is 4.29. The molecule has 2 rings (SSSR count). The third-order valence-electron chi connectivity index (χ3n) is 4.29. The maximum Gasteiger partial charge on any atom is 0.224 e. The lowest BCUT2D eigenvalue weighted by molar-refractivity contribution is -0.121. The van der Waals surface area contributed by atoms with Crippen LogP contribution in [0.5, 0.6) is 0 Å². The first kappa shape index (κ1) is 15.6. The molecule has 1 aromatic carbocycles. The van der Waals surface area contributed by atoms with Gasteiger partial charge in [-0.1, -0.05) is 32.0 Å². The Labute approximate surface area is 125 Å². The number of aryl methyl sites for hydroxylation is 1. The Morgan fingerprint density at radius 3 is 2.71 bits per heavy atom. The number of H-pyrrole nitrogens is 1. The van der Waals surface area contributed by atoms with Gasteiger partial charge in [-0.05, 0) is 30.9 Å². The Morgan fingerprint density at radius 1 is 1.33 bits per heavy atom. The lowest BCUT2D eigenvalue weighted by atomic mass is 9.97. The zero-order chi connectivity index (χ0) is 15.5. The number of rotatable bonds is 6. The maximum absolute atomic E-state index is 12.1. The van der Waals surface area contributed by atoms with E-state index in [1.807, 2.05) is 45.2 Å². The number of amides is 1. The minimum absolute atomic E-state index is 0.0577. The van der Waals surface area contributed by atoms with Crippen LogP contribution < -0.4 is 5.32 Å². The molecular weight excluding hydrogens is 264 g/mol. The van der Waals surface area contributed by atoms with Crippen molar-refractivity contribution >= 4 is 16.8 Å². The second-order valence-corrected chi connectivity index (χ2v) is 5.70. The smallest absolute Gasteiger partial charge is 0.224 e. The molecule has 114 valence electrons. The van der Waals surface area contributed by atoms with Crippen molar-refractivity contribution in [1.29, 1.82) is 0 Å². The number of hydrogen-bond acceptors (Lipinski definition) is 2. The number of carbonyl (C=O) groups excluding carboxylic acids is 1. The monoisotopic (exact) mass is 288 g/mol. The van der Waals surface area contributed by atoms with Gasteiger partial charge in [-0.2, -0.15) is 0 Å². The first-order valence-electron chi connectivity index (χ1n) is 7.53. The normalized spacial score (nSPS) is 11.8. The van der Waals surface area contributed by atoms with Crippen LogP contribution in [-0.2, 0) is 11.2 Å². The number of hydrogen-bond donors (Lipinski definition) is 3. The summed E-state index contributed by atoms with van der Waals surface area (Å²) in [7, 11) is 0. The molecule has 0 saturated heterocycles. The molecule has 21 heavy (non-hydrogen) atoms. The summed E-state index contributed by atoms with van der Waals surface area (Å²) < 4.78 is 0. The van der Waals surface area contributed by atoms with Crippen LogP contribution in [-0.4, -0.2) is 28.1 Å². The Kier molecular flexibility index (Phi) is 4.68. The zero-order valence-corrected chi connectivity index (χ0v) is 13.0. The van der Waals surface area contributed by atoms with E-state index < -0.39 is 5.60 Å². The van der Waals surface area contributed by atoms with Gasteiger partial charge in [0.2, 0.25) is 5.91 Å². The number of aromatic nitrogens is 1. The van der Waals surface area contributed by atoms with E-state index in [0.717, 1.165) is 16.5 Å². The molecule has 0 unspecified atom stereocenters. The number of nitrogens with one attached hydrogen (secondary N) is 2. The van der Waals surface area contributed by atoms with Gasteiger partial charge >= 0.3 is 0 Å². The number of fused-ring (bicyclic) bond motifs is 1. The molecule has 0 atom stereocenters. The molecule has 0 aliphatic rings. The molecule has 0 bridgehead atoms. The van der Waals surface area contributed by atoms with Crippen molar-refractivity contribution in [2.45, 2.75) is 45.6 Å². The molecule has 0 fully saturated rings. The molecule has 0 aliphatic heterocycles. The Hall–Kier alpha value is -1.81. The molecule has 1 heterocycles. The number of benzene rings is 1. The molecule has 4 heteroatoms. The van der Waals surface area contributed by atoms with Crippen LogP contribution in [0.2, 0.25) is 0 Å². The van der Waals surface area contributed by atoms with Crippen LogP contribution in [0.4, 0.5) is 0 Å². The SMILES string of the molecule is CCC(O)(CC)CNC(=O)Cc1c[nH]c2c(C)cccc12. The first-order chi connectivity index (χ1) is 9.99. The van der Waals surface area contributed by atoms with Gasteiger partial charge < -0.3 is 15.4 Å². The number of carbonyl (C=O) groups is 1. The van der Waals surface area contributed by atoms with Crippen molar-refractivity contribution in [3.63, 3.8) is 0 Å². The number of aliphatic hydroxyl groups is 1. The minimum Gasteiger partial charge on any atom is -0.388 e. The lowest BCUT2D eigenvalue weighted by Crippen LogP contribution is -2.42. The summed E-state index contributed by atoms with van der Waals surface area (Å²) in [5.74, 6) is -0.0577. The van der Waals surface area contributed by atoms with Crippen LogP contribution in [0, 0.1) is 6.92 Å². The highest BCUT2D eigenvalue weighted by Gasteiger charge is 2.22. The largest absolute Gasteiger partial charge is 0.388 e. The number of para-hydroxylation sites is 1. The summed E-state index contributed by atoms with van der Waals surface area (Å²) in [6, 6.07) is 6.07. The van der Waals surface area contributed by atoms with E-state index in [1.54, 1.807) is 0 Å². The molecule has 1 amide bonds. The highest BCUT2D eigenvalue weighted by atomic mass is 16.3. The molecule has 4 nitrogen and oxygen atoms in total. The third kappa shape index (κ3) is 3.45. The zero-order valence-electron chi connectivity index (χ0n) is 13.0. The van der Waals surface area contributed by atoms with E-state index >= 15 is 0 Å². The van der Waals surface area contributed by atoms with Gasteiger partial charge in [0.15, 0.2) is 0 Å². The maximum atomic E-state index is 12.1. The quantitative estimate of drug-likeness (QED) is 0.765. The van der Waals surface area contributed by atoms with Crippen LogP contribution >= 0.6 is 0 Å². The van der Waals surface area contributed by atoms with E-state index in [9.17, 15) is 9.90 Å². The lowest BCUT2D eigenvalue weighted by Gasteiger charge is -2.25. The first-order valence-corrected chi connectivity index (χ1v) is 7.53. The molecule has 0 saturated carbocycles. The van der Waals surface area contributed by atoms with Crippen molar-refractivity contribution < 1.29 is 9.90 Å². The van der Waals surface area contributed by atoms with Crippen molar-refractivity contribution in [3.05, 3.63) is 35.5 Å². The molecule has 1 aromatic heterocycles. The summed E-state index contributed by atoms with van der Waals surface area (Å²) >= 11 is 0. The highest BCUT2D eigenvalue weighted by molar-refractivity contribution is 5.90. The molecular formula is C17H24N2O2. The molecule has 2 aromatic rings. The fourth-order valence-electron chi connectivity index (χ4n) is 2.51. The molecule has 3 N–H and O–H groups in total. The Balaban J connectivity index is 2.04. The average Bonchev–Trinajstić information content (AvgIpc) is 2.89. The topological polar surface area (TPSA) is 65.1 Å². The Morgan fingerprint density at radius 2 is 2.05 bits per heavy atom. The highest BCUT2D eigenvalue weighted by Crippen LogP contribution is 2.21. The van der Waals surface area contributed by atoms with Crippen molar-refractivity contribution in [1.82, 2.24) is 10.3 Å². The van der Waals surface area contributed by atoms with Gasteiger partial charge in [-0.15, -0.1) is 0 Å². The van der Waals surface area contributed by atoms with Gasteiger partial charge in [-0.25, -0.2) is 0 Å². The molecule has 0 aliphatic carbocycles. The van der Waals surface area contributed by atoms with E-state index in [1.165, 1.54) is 5.56 Å². The van der Waals surface area contributed by atoms with Crippen LogP contribution in [0.15, 0.2) is 24.4 Å². The molecule has 0 radical (unpaired) electrons. The molecule has 0 spiro atoms. The summed E-state index contributed by atoms with van der Waals surface area (Å²) in [6.45, 7) is 6.21. The van der Waals surface area contributed by atoms with E-state index in [0.29, 0.717) is 25.8 Å². The number of aromatic amines is 1. The predicted molar refractivity (Wildman–Crippen MR) is 85.3 cm³/mol. The van der Waals surface area contributed by atoms with Crippen LogP contribution in [0.3, 0.4) is 0 Å². The second kappa shape index (κ2) is 6.31. The van der Waals surface area contributed by atoms with Crippen molar-refractivity contribution in [2.24, 2.45) is 0 Å². The standard InChI is InChI=1S/C17H24N2O2/c1-4-17(21,5-2)11-19-15(20)9-13-10-18-16-12(3)7-6-8-14(13)16/h6-8,10,18,21H,4-5,9,11H2,1-3H3,(H,19,20). The van der Waals surface area contributed by atoms with E-state index in [4.69, 9.17) is 0 Å². The minimum atomic E-state index is -0.799. The van der Waals surface area contributed by atoms with Crippen molar-refractivity contribution in [2.75, 3.05) is 6.54 Å². The van der Waals surface area contributed by atoms with Gasteiger partial charge in [0.1, 0.15) is 0 Å². The van der Waals surface area contributed by atoms with E-state index in [-0.39, 0.29) is 5.91 Å². The van der Waals surface area contributed by atoms with Crippen molar-refractivity contribution in [3.8, 4) is 0 Å². The summed E-state index contributed by atoms with van der Waals surface area (Å²) in [5.41, 5.74) is 2.44. The van der Waals surface area contributed by atoms with Gasteiger partial charge in [-0.3, -0.25) is 4.79 Å². The van der Waals surface area contributed by atoms with Crippen LogP contribution in [0.25, 0.3) is 10.9 Å². The fraction of sp³-hybridized carbons (Fsp3) is 0.471. The second-order valence-electron chi connectivity index (χ2n) is 5.70. The average molecular weight is 288 g/mol. The fourth-order valence-corrected chi connectivity index (χ4v) is 2.51. The predicted octanol–water partition coefficient (Wildman–Crippen LogP) is 2.69. The van der Waals surface area contributed by atoms with Crippen LogP contribution in [0.1, 0.15) is 37.8 Å². The van der Waals surface area contributed by atoms with E-state index in [2.05, 4.69) is 10.3 Å². The summed E-state index contributed by atoms with van der Waals surface area (Å²) in [5, 5.41) is 14.1. The van der Waals surface area contributed by atoms with Gasteiger partial charge in [0, 0.05) is 23.6 Å². The van der Waals surface area contributed by atoms with Gasteiger partial charge in [0.25, 0.3) is 0 Å². The van der Waals surface area contributed by atoms with Gasteiger partial charge in [0.05, 0.1) is 12.0 Å². The summed E-state index contributed by atoms with van der Waals surface area (Å²) in [4.78, 5) is 15.3.